The Morgan fingerprint density at radius 2 is 1.62 bits per heavy atom. The lowest BCUT2D eigenvalue weighted by molar-refractivity contribution is 0.0521. The van der Waals surface area contributed by atoms with Crippen molar-refractivity contribution in [2.75, 3.05) is 26.2 Å². The molecule has 0 aromatic heterocycles. The molecule has 1 atom stereocenters. The normalized spacial score (nSPS) is 25.4. The Morgan fingerprint density at radius 1 is 1.08 bits per heavy atom. The van der Waals surface area contributed by atoms with Crippen LogP contribution in [0.15, 0.2) is 0 Å². The van der Waals surface area contributed by atoms with Gasteiger partial charge in [-0.3, -0.25) is 0 Å². The van der Waals surface area contributed by atoms with Gasteiger partial charge < -0.3 is 15.0 Å². The molecular formula is C19H37IN2O2. The number of hydrogen-bond donors (Lipinski definition) is 1. The zero-order chi connectivity index (χ0) is 18.1. The first-order valence-electron chi connectivity index (χ1n) is 9.56. The largest absolute Gasteiger partial charge is 0.444 e. The van der Waals surface area contributed by atoms with E-state index in [1.54, 1.807) is 0 Å². The van der Waals surface area contributed by atoms with Gasteiger partial charge in [0.25, 0.3) is 0 Å². The van der Waals surface area contributed by atoms with Gasteiger partial charge in [-0.15, -0.1) is 0 Å². The first kappa shape index (κ1) is 22.0. The van der Waals surface area contributed by atoms with Crippen molar-refractivity contribution in [1.82, 2.24) is 10.2 Å². The van der Waals surface area contributed by atoms with Crippen molar-refractivity contribution in [3.63, 3.8) is 0 Å². The molecule has 1 aliphatic heterocycles. The molecule has 0 radical (unpaired) electrons. The summed E-state index contributed by atoms with van der Waals surface area (Å²) in [7, 11) is 0. The number of rotatable bonds is 3. The van der Waals surface area contributed by atoms with Crippen LogP contribution in [0.2, 0.25) is 0 Å². The summed E-state index contributed by atoms with van der Waals surface area (Å²) >= 11 is 2.66. The van der Waals surface area contributed by atoms with E-state index in [4.69, 9.17) is 4.74 Å². The lowest BCUT2D eigenvalue weighted by Gasteiger charge is -2.27. The number of amides is 1. The standard InChI is InChI=1S/C19H37IN2O2/c1-18(2,3)24-17(23)21-13-16-22-14-9-6-5-7-11-19(4,20)12-8-10-15-22/h5-16H2,1-4H3,(H,21,23). The Hall–Kier alpha value is -0.0400. The van der Waals surface area contributed by atoms with Crippen molar-refractivity contribution in [3.8, 4) is 0 Å². The number of carbonyl (C=O) groups is 1. The number of carbonyl (C=O) groups excluding carboxylic acids is 1. The monoisotopic (exact) mass is 452 g/mol. The minimum Gasteiger partial charge on any atom is -0.444 e. The molecule has 0 aliphatic carbocycles. The first-order chi connectivity index (χ1) is 11.2. The lowest BCUT2D eigenvalue weighted by Crippen LogP contribution is -2.38. The van der Waals surface area contributed by atoms with Crippen LogP contribution in [0.5, 0.6) is 0 Å². The van der Waals surface area contributed by atoms with E-state index in [-0.39, 0.29) is 6.09 Å². The maximum atomic E-state index is 11.7. The molecule has 24 heavy (non-hydrogen) atoms. The van der Waals surface area contributed by atoms with Crippen LogP contribution in [0.3, 0.4) is 0 Å². The third-order valence-electron chi connectivity index (χ3n) is 4.44. The summed E-state index contributed by atoms with van der Waals surface area (Å²) in [6, 6.07) is 0. The molecule has 0 bridgehead atoms. The summed E-state index contributed by atoms with van der Waals surface area (Å²) in [5.41, 5.74) is -0.427. The lowest BCUT2D eigenvalue weighted by atomic mass is 9.96. The summed E-state index contributed by atoms with van der Waals surface area (Å²) in [6.45, 7) is 12.0. The Balaban J connectivity index is 2.32. The average molecular weight is 452 g/mol. The second-order valence-electron chi connectivity index (χ2n) is 8.30. The van der Waals surface area contributed by atoms with E-state index < -0.39 is 5.60 Å². The highest BCUT2D eigenvalue weighted by molar-refractivity contribution is 14.1. The van der Waals surface area contributed by atoms with Gasteiger partial charge in [0, 0.05) is 16.5 Å². The molecule has 0 saturated carbocycles. The van der Waals surface area contributed by atoms with Crippen LogP contribution in [0, 0.1) is 0 Å². The van der Waals surface area contributed by atoms with Gasteiger partial charge in [0.05, 0.1) is 0 Å². The molecule has 1 N–H and O–H groups in total. The highest BCUT2D eigenvalue weighted by Gasteiger charge is 2.20. The molecule has 0 aromatic carbocycles. The van der Waals surface area contributed by atoms with E-state index in [1.807, 2.05) is 20.8 Å². The van der Waals surface area contributed by atoms with Gasteiger partial charge in [-0.05, 0) is 59.5 Å². The molecule has 1 rings (SSSR count). The van der Waals surface area contributed by atoms with E-state index in [1.165, 1.54) is 51.4 Å². The third kappa shape index (κ3) is 11.5. The minimum atomic E-state index is -0.427. The zero-order valence-electron chi connectivity index (χ0n) is 16.1. The Kier molecular flexibility index (Phi) is 9.94. The van der Waals surface area contributed by atoms with E-state index >= 15 is 0 Å². The van der Waals surface area contributed by atoms with Crippen LogP contribution in [-0.4, -0.2) is 46.2 Å². The quantitative estimate of drug-likeness (QED) is 0.476. The van der Waals surface area contributed by atoms with Crippen LogP contribution in [0.1, 0.15) is 79.1 Å². The van der Waals surface area contributed by atoms with Gasteiger partial charge in [0.15, 0.2) is 0 Å². The fraction of sp³-hybridized carbons (Fsp3) is 0.947. The maximum Gasteiger partial charge on any atom is 0.407 e. The van der Waals surface area contributed by atoms with Crippen molar-refractivity contribution in [3.05, 3.63) is 0 Å². The van der Waals surface area contributed by atoms with Crippen LogP contribution in [0.25, 0.3) is 0 Å². The molecule has 142 valence electrons. The van der Waals surface area contributed by atoms with E-state index in [9.17, 15) is 4.79 Å². The Morgan fingerprint density at radius 3 is 2.25 bits per heavy atom. The summed E-state index contributed by atoms with van der Waals surface area (Å²) in [6.07, 6.45) is 10.2. The number of alkyl carbamates (subject to hydrolysis) is 1. The van der Waals surface area contributed by atoms with Crippen LogP contribution < -0.4 is 5.32 Å². The van der Waals surface area contributed by atoms with Gasteiger partial charge in [0.2, 0.25) is 0 Å². The third-order valence-corrected chi connectivity index (χ3v) is 5.52. The van der Waals surface area contributed by atoms with Gasteiger partial charge in [-0.1, -0.05) is 55.2 Å². The van der Waals surface area contributed by atoms with E-state index in [2.05, 4.69) is 39.7 Å². The van der Waals surface area contributed by atoms with Crippen LogP contribution in [0.4, 0.5) is 4.79 Å². The number of nitrogens with one attached hydrogen (secondary N) is 1. The van der Waals surface area contributed by atoms with Crippen molar-refractivity contribution in [2.45, 2.75) is 88.1 Å². The molecule has 1 unspecified atom stereocenters. The topological polar surface area (TPSA) is 41.6 Å². The number of halogens is 1. The van der Waals surface area contributed by atoms with Crippen LogP contribution >= 0.6 is 22.6 Å². The highest BCUT2D eigenvalue weighted by atomic mass is 127. The molecule has 0 spiro atoms. The van der Waals surface area contributed by atoms with Gasteiger partial charge in [-0.25, -0.2) is 4.79 Å². The van der Waals surface area contributed by atoms with Gasteiger partial charge in [0.1, 0.15) is 5.60 Å². The van der Waals surface area contributed by atoms with E-state index in [0.717, 1.165) is 19.6 Å². The molecule has 1 saturated heterocycles. The van der Waals surface area contributed by atoms with Crippen molar-refractivity contribution >= 4 is 28.7 Å². The predicted molar refractivity (Wildman–Crippen MR) is 110 cm³/mol. The molecule has 1 amide bonds. The smallest absolute Gasteiger partial charge is 0.407 e. The molecular weight excluding hydrogens is 415 g/mol. The highest BCUT2D eigenvalue weighted by Crippen LogP contribution is 2.31. The number of nitrogens with zero attached hydrogens (tertiary/aromatic N) is 1. The Labute approximate surface area is 162 Å². The fourth-order valence-electron chi connectivity index (χ4n) is 3.10. The van der Waals surface area contributed by atoms with Crippen molar-refractivity contribution < 1.29 is 9.53 Å². The molecule has 0 aromatic rings. The van der Waals surface area contributed by atoms with Crippen molar-refractivity contribution in [2.24, 2.45) is 0 Å². The minimum absolute atomic E-state index is 0.308. The summed E-state index contributed by atoms with van der Waals surface area (Å²) in [5, 5.41) is 2.88. The fourth-order valence-corrected chi connectivity index (χ4v) is 3.87. The molecule has 4 nitrogen and oxygen atoms in total. The molecule has 1 fully saturated rings. The van der Waals surface area contributed by atoms with Gasteiger partial charge >= 0.3 is 6.09 Å². The van der Waals surface area contributed by atoms with Crippen molar-refractivity contribution in [1.29, 1.82) is 0 Å². The zero-order valence-corrected chi connectivity index (χ0v) is 18.3. The number of ether oxygens (including phenoxy) is 1. The second kappa shape index (κ2) is 10.8. The molecule has 1 heterocycles. The summed E-state index contributed by atoms with van der Waals surface area (Å²) < 4.78 is 5.76. The second-order valence-corrected chi connectivity index (χ2v) is 10.9. The summed E-state index contributed by atoms with van der Waals surface area (Å²) in [4.78, 5) is 14.2. The van der Waals surface area contributed by atoms with E-state index in [0.29, 0.717) is 9.97 Å². The first-order valence-corrected chi connectivity index (χ1v) is 10.6. The van der Waals surface area contributed by atoms with Crippen LogP contribution in [-0.2, 0) is 4.74 Å². The Bertz CT molecular complexity index is 367. The predicted octanol–water partition coefficient (Wildman–Crippen LogP) is 5.14. The van der Waals surface area contributed by atoms with Gasteiger partial charge in [-0.2, -0.15) is 0 Å². The SMILES string of the molecule is CC1(I)CCCCCCN(CCNC(=O)OC(C)(C)C)CCCC1. The number of alkyl halides is 1. The molecule has 1 aliphatic rings. The summed E-state index contributed by atoms with van der Waals surface area (Å²) in [5.74, 6) is 0. The number of hydrogen-bond acceptors (Lipinski definition) is 3. The average Bonchev–Trinajstić information content (AvgIpc) is 2.43. The molecule has 5 heteroatoms. The maximum absolute atomic E-state index is 11.7.